The molecule has 0 saturated heterocycles. The Bertz CT molecular complexity index is 1860. The Hall–Kier alpha value is -3.40. The highest BCUT2D eigenvalue weighted by Crippen LogP contribution is 2.50. The van der Waals surface area contributed by atoms with E-state index in [1.165, 1.54) is 11.1 Å². The van der Waals surface area contributed by atoms with Crippen LogP contribution in [0.2, 0.25) is 5.02 Å². The maximum Gasteiger partial charge on any atom is 0.264 e. The number of carbonyl (C=O) groups excluding carboxylic acids is 1. The van der Waals surface area contributed by atoms with Crippen LogP contribution in [0.1, 0.15) is 78.7 Å². The fourth-order valence-electron chi connectivity index (χ4n) is 8.25. The van der Waals surface area contributed by atoms with Gasteiger partial charge in [-0.3, -0.25) is 9.78 Å². The molecule has 2 N–H and O–H groups in total. The van der Waals surface area contributed by atoms with E-state index in [1.54, 1.807) is 31.3 Å². The molecule has 2 aliphatic heterocycles. The van der Waals surface area contributed by atoms with Gasteiger partial charge in [-0.25, -0.2) is 13.1 Å². The summed E-state index contributed by atoms with van der Waals surface area (Å²) in [5.41, 5.74) is 3.44. The van der Waals surface area contributed by atoms with E-state index in [1.807, 2.05) is 44.2 Å². The molecule has 6 atom stereocenters. The van der Waals surface area contributed by atoms with Gasteiger partial charge in [0.2, 0.25) is 10.0 Å². The average Bonchev–Trinajstić information content (AvgIpc) is 3.19. The van der Waals surface area contributed by atoms with Crippen LogP contribution < -0.4 is 14.4 Å². The summed E-state index contributed by atoms with van der Waals surface area (Å²) in [7, 11) is -3.99. The largest absolute Gasteiger partial charge is 0.490 e. The predicted octanol–water partition coefficient (Wildman–Crippen LogP) is 6.47. The second-order valence-electron chi connectivity index (χ2n) is 14.6. The summed E-state index contributed by atoms with van der Waals surface area (Å²) in [6.07, 6.45) is 10.6. The number of hydrogen-bond donors (Lipinski definition) is 2. The minimum absolute atomic E-state index is 0.110. The first-order valence-electron chi connectivity index (χ1n) is 17.1. The zero-order valence-corrected chi connectivity index (χ0v) is 29.4. The molecule has 0 unspecified atom stereocenters. The number of halogens is 1. The highest BCUT2D eigenvalue weighted by molar-refractivity contribution is 7.90. The molecule has 3 aromatic rings. The topological polar surface area (TPSA) is 109 Å². The second-order valence-corrected chi connectivity index (χ2v) is 17.0. The van der Waals surface area contributed by atoms with E-state index >= 15 is 0 Å². The number of nitrogens with one attached hydrogen (secondary N) is 1. The van der Waals surface area contributed by atoms with Gasteiger partial charge in [0.25, 0.3) is 5.91 Å². The Kier molecular flexibility index (Phi) is 8.61. The number of sulfonamides is 1. The molecule has 3 heterocycles. The summed E-state index contributed by atoms with van der Waals surface area (Å²) in [5.74, 6) is -0.298. The first kappa shape index (κ1) is 33.1. The van der Waals surface area contributed by atoms with Crippen molar-refractivity contribution >= 4 is 33.2 Å². The van der Waals surface area contributed by atoms with Gasteiger partial charge in [0.15, 0.2) is 0 Å². The maximum absolute atomic E-state index is 13.5. The minimum Gasteiger partial charge on any atom is -0.490 e. The molecule has 1 amide bonds. The van der Waals surface area contributed by atoms with E-state index in [0.717, 1.165) is 48.4 Å². The molecule has 48 heavy (non-hydrogen) atoms. The van der Waals surface area contributed by atoms with Crippen LogP contribution in [0, 0.1) is 24.7 Å². The number of rotatable bonds is 1. The molecule has 254 valence electrons. The Morgan fingerprint density at radius 2 is 1.94 bits per heavy atom. The molecular formula is C38H44ClN3O5S. The number of carbonyl (C=O) groups is 1. The predicted molar refractivity (Wildman–Crippen MR) is 188 cm³/mol. The van der Waals surface area contributed by atoms with Crippen molar-refractivity contribution in [2.75, 3.05) is 24.6 Å². The molecule has 1 saturated carbocycles. The number of allylic oxidation sites excluding steroid dienone is 1. The zero-order chi connectivity index (χ0) is 33.8. The summed E-state index contributed by atoms with van der Waals surface area (Å²) in [6, 6.07) is 15.2. The lowest BCUT2D eigenvalue weighted by Crippen LogP contribution is -2.51. The molecule has 2 bridgehead atoms. The number of nitrogens with zero attached hydrogens (tertiary/aromatic N) is 2. The normalized spacial score (nSPS) is 32.1. The smallest absolute Gasteiger partial charge is 0.264 e. The lowest BCUT2D eigenvalue weighted by atomic mass is 9.63. The number of hydrogen-bond acceptors (Lipinski definition) is 7. The van der Waals surface area contributed by atoms with Crippen molar-refractivity contribution in [1.82, 2.24) is 9.71 Å². The number of benzene rings is 2. The van der Waals surface area contributed by atoms with E-state index in [-0.39, 0.29) is 28.7 Å². The van der Waals surface area contributed by atoms with E-state index in [2.05, 4.69) is 21.8 Å². The minimum atomic E-state index is -3.99. The van der Waals surface area contributed by atoms with E-state index in [0.29, 0.717) is 37.6 Å². The quantitative estimate of drug-likeness (QED) is 0.282. The summed E-state index contributed by atoms with van der Waals surface area (Å²) in [5, 5.41) is 12.4. The van der Waals surface area contributed by atoms with E-state index in [4.69, 9.17) is 21.3 Å². The van der Waals surface area contributed by atoms with Crippen LogP contribution in [0.5, 0.6) is 5.75 Å². The van der Waals surface area contributed by atoms with Gasteiger partial charge in [-0.2, -0.15) is 0 Å². The van der Waals surface area contributed by atoms with Crippen LogP contribution in [0.15, 0.2) is 66.9 Å². The van der Waals surface area contributed by atoms with Gasteiger partial charge >= 0.3 is 0 Å². The SMILES string of the molecule is Cc1ccc([C@@]2(O)/C=C/C[C@H](C)[C@@H](C)S(=O)(=O)NC(=O)c3ccc4c(c3)N(C[C@@H]3CC[C@H]32)C[C@@]2(CCCc3cc(Cl)ccc32)CO4)nc1. The number of aryl methyl sites for hydroxylation is 2. The van der Waals surface area contributed by atoms with Crippen molar-refractivity contribution in [3.63, 3.8) is 0 Å². The Balaban J connectivity index is 1.35. The Morgan fingerprint density at radius 3 is 2.69 bits per heavy atom. The molecule has 1 aromatic heterocycles. The summed E-state index contributed by atoms with van der Waals surface area (Å²) in [4.78, 5) is 20.5. The lowest BCUT2D eigenvalue weighted by Gasteiger charge is -2.49. The fraction of sp³-hybridized carbons (Fsp3) is 0.474. The van der Waals surface area contributed by atoms with Crippen LogP contribution in [0.25, 0.3) is 0 Å². The van der Waals surface area contributed by atoms with Gasteiger partial charge in [0.05, 0.1) is 23.2 Å². The number of fused-ring (bicyclic) bond motifs is 4. The number of anilines is 1. The Morgan fingerprint density at radius 1 is 1.10 bits per heavy atom. The summed E-state index contributed by atoms with van der Waals surface area (Å²) < 4.78 is 35.8. The van der Waals surface area contributed by atoms with Crippen LogP contribution in [0.4, 0.5) is 5.69 Å². The third-order valence-electron chi connectivity index (χ3n) is 11.5. The highest BCUT2D eigenvalue weighted by Gasteiger charge is 2.49. The molecule has 10 heteroatoms. The van der Waals surface area contributed by atoms with Crippen molar-refractivity contribution in [2.24, 2.45) is 17.8 Å². The summed E-state index contributed by atoms with van der Waals surface area (Å²) >= 11 is 6.44. The third-order valence-corrected chi connectivity index (χ3v) is 13.6. The van der Waals surface area contributed by atoms with Crippen molar-refractivity contribution < 1.29 is 23.1 Å². The molecule has 7 rings (SSSR count). The lowest BCUT2D eigenvalue weighted by molar-refractivity contribution is -0.0529. The van der Waals surface area contributed by atoms with Crippen molar-refractivity contribution in [2.45, 2.75) is 75.6 Å². The second kappa shape index (κ2) is 12.5. The standard InChI is InChI=1S/C38H44ClN3O5S/c1-24-8-15-35(40-20-24)38(44)17-4-6-25(2)26(3)48(45,46)41-36(43)28-10-14-34-33(19-28)42(21-29-9-12-32(29)38)22-37(23-47-34)16-5-7-27-18-30(39)11-13-31(27)37/h4,8,10-11,13-15,17-20,25-26,29,32,44H,5-7,9,12,16,21-23H2,1-3H3,(H,41,43)/b17-4+/t25-,26+,29-,32+,37-,38+/m0/s1. The summed E-state index contributed by atoms with van der Waals surface area (Å²) in [6.45, 7) is 7.19. The molecule has 0 radical (unpaired) electrons. The first-order valence-corrected chi connectivity index (χ1v) is 19.0. The average molecular weight is 690 g/mol. The van der Waals surface area contributed by atoms with E-state index < -0.39 is 26.8 Å². The van der Waals surface area contributed by atoms with Crippen LogP contribution in [-0.4, -0.2) is 49.4 Å². The van der Waals surface area contributed by atoms with Gasteiger partial charge in [-0.15, -0.1) is 0 Å². The molecular weight excluding hydrogens is 646 g/mol. The van der Waals surface area contributed by atoms with Crippen LogP contribution >= 0.6 is 11.6 Å². The molecule has 4 aliphatic rings. The number of ether oxygens (including phenoxy) is 1. The monoisotopic (exact) mass is 689 g/mol. The van der Waals surface area contributed by atoms with Crippen LogP contribution in [0.3, 0.4) is 0 Å². The Labute approximate surface area is 288 Å². The van der Waals surface area contributed by atoms with Gasteiger partial charge < -0.3 is 14.7 Å². The van der Waals surface area contributed by atoms with Crippen molar-refractivity contribution in [3.8, 4) is 5.75 Å². The molecule has 1 spiro atoms. The number of aliphatic hydroxyl groups is 1. The highest BCUT2D eigenvalue weighted by atomic mass is 35.5. The fourth-order valence-corrected chi connectivity index (χ4v) is 9.73. The van der Waals surface area contributed by atoms with Gasteiger partial charge in [0, 0.05) is 41.2 Å². The molecule has 2 aromatic carbocycles. The first-order chi connectivity index (χ1) is 22.9. The van der Waals surface area contributed by atoms with Crippen LogP contribution in [-0.2, 0) is 27.5 Å². The molecule has 1 fully saturated rings. The molecule has 2 aliphatic carbocycles. The van der Waals surface area contributed by atoms with Gasteiger partial charge in [-0.1, -0.05) is 42.8 Å². The van der Waals surface area contributed by atoms with Crippen molar-refractivity contribution in [3.05, 3.63) is 99.9 Å². The zero-order valence-electron chi connectivity index (χ0n) is 27.8. The third kappa shape index (κ3) is 5.92. The number of amides is 1. The number of aromatic nitrogens is 1. The van der Waals surface area contributed by atoms with Gasteiger partial charge in [0.1, 0.15) is 11.4 Å². The maximum atomic E-state index is 13.5. The van der Waals surface area contributed by atoms with E-state index in [9.17, 15) is 18.3 Å². The molecule has 8 nitrogen and oxygen atoms in total. The van der Waals surface area contributed by atoms with Gasteiger partial charge in [-0.05, 0) is 117 Å². The number of pyridine rings is 1. The van der Waals surface area contributed by atoms with Crippen molar-refractivity contribution in [1.29, 1.82) is 0 Å².